The highest BCUT2D eigenvalue weighted by Gasteiger charge is 2.47. The fourth-order valence-corrected chi connectivity index (χ4v) is 3.49. The number of benzene rings is 3. The number of halogens is 2. The Morgan fingerprint density at radius 3 is 2.33 bits per heavy atom. The minimum Gasteiger partial charge on any atom is -0.334 e. The van der Waals surface area contributed by atoms with E-state index in [0.29, 0.717) is 5.02 Å². The molecular weight excluding hydrogens is 405 g/mol. The van der Waals surface area contributed by atoms with Crippen LogP contribution in [-0.4, -0.2) is 28.8 Å². The van der Waals surface area contributed by atoms with Gasteiger partial charge in [0.25, 0.3) is 5.91 Å². The molecule has 150 valence electrons. The minimum absolute atomic E-state index is 0.268. The number of amides is 2. The summed E-state index contributed by atoms with van der Waals surface area (Å²) in [5, 5.41) is 3.35. The molecule has 3 aromatic rings. The molecule has 0 spiro atoms. The van der Waals surface area contributed by atoms with Gasteiger partial charge in [0.05, 0.1) is 0 Å². The molecule has 30 heavy (non-hydrogen) atoms. The van der Waals surface area contributed by atoms with Crippen molar-refractivity contribution in [1.82, 2.24) is 10.7 Å². The van der Waals surface area contributed by atoms with Gasteiger partial charge < -0.3 is 5.32 Å². The van der Waals surface area contributed by atoms with Crippen LogP contribution in [0.1, 0.15) is 27.5 Å². The Morgan fingerprint density at radius 1 is 1.00 bits per heavy atom. The second-order valence-corrected chi connectivity index (χ2v) is 7.31. The molecule has 2 N–H and O–H groups in total. The van der Waals surface area contributed by atoms with Crippen molar-refractivity contribution >= 4 is 29.6 Å². The van der Waals surface area contributed by atoms with E-state index in [1.807, 2.05) is 42.5 Å². The van der Waals surface area contributed by atoms with Crippen molar-refractivity contribution in [1.29, 1.82) is 0 Å². The van der Waals surface area contributed by atoms with Crippen molar-refractivity contribution in [2.75, 3.05) is 0 Å². The van der Waals surface area contributed by atoms with Crippen LogP contribution in [-0.2, 0) is 4.79 Å². The van der Waals surface area contributed by atoms with Gasteiger partial charge in [-0.2, -0.15) is 0 Å². The third-order valence-electron chi connectivity index (χ3n) is 4.83. The molecule has 0 unspecified atom stereocenters. The Bertz CT molecular complexity index is 1100. The Kier molecular flexibility index (Phi) is 5.59. The molecule has 0 radical (unpaired) electrons. The maximum absolute atomic E-state index is 13.2. The smallest absolute Gasteiger partial charge is 0.304 e. The van der Waals surface area contributed by atoms with Crippen molar-refractivity contribution in [2.24, 2.45) is 0 Å². The number of nitrogens with zero attached hydrogens (tertiary/aromatic N) is 1. The number of hydrazone groups is 1. The number of carbonyl (C=O) groups excluding carboxylic acids is 2. The zero-order valence-corrected chi connectivity index (χ0v) is 16.5. The van der Waals surface area contributed by atoms with Crippen LogP contribution >= 0.6 is 11.6 Å². The maximum atomic E-state index is 13.2. The van der Waals surface area contributed by atoms with Crippen LogP contribution in [0.15, 0.2) is 78.9 Å². The Labute approximate surface area is 177 Å². The highest BCUT2D eigenvalue weighted by Crippen LogP contribution is 2.26. The fourth-order valence-electron chi connectivity index (χ4n) is 3.37. The minimum atomic E-state index is -0.858. The highest BCUT2D eigenvalue weighted by atomic mass is 35.5. The third kappa shape index (κ3) is 4.23. The lowest BCUT2D eigenvalue weighted by molar-refractivity contribution is -0.596. The van der Waals surface area contributed by atoms with E-state index in [1.165, 1.54) is 24.3 Å². The molecule has 0 aromatic heterocycles. The van der Waals surface area contributed by atoms with Gasteiger partial charge in [-0.15, -0.1) is 10.1 Å². The lowest BCUT2D eigenvalue weighted by atomic mass is 10.00. The van der Waals surface area contributed by atoms with Crippen molar-refractivity contribution in [3.05, 3.63) is 106 Å². The summed E-state index contributed by atoms with van der Waals surface area (Å²) >= 11 is 6.02. The van der Waals surface area contributed by atoms with Crippen LogP contribution in [0.25, 0.3) is 0 Å². The first-order chi connectivity index (χ1) is 14.5. The molecule has 2 amide bonds. The standard InChI is InChI=1S/C23H17ClFN3O2/c24-18-10-6-16(7-11-18)21-20(26-22(29)17-8-12-19(25)13-9-17)23(30)27-28(21)14-15-4-2-1-3-5-15/h1-14,20-21H,(H-,26,27,29,30)/p+1/b28-14-/t20-,21+/m0/s1. The monoisotopic (exact) mass is 422 g/mol. The Hall–Kier alpha value is -3.51. The predicted molar refractivity (Wildman–Crippen MR) is 112 cm³/mol. The summed E-state index contributed by atoms with van der Waals surface area (Å²) in [6, 6.07) is 20.4. The molecule has 0 saturated carbocycles. The average molecular weight is 423 g/mol. The highest BCUT2D eigenvalue weighted by molar-refractivity contribution is 6.30. The number of carbonyl (C=O) groups is 2. The summed E-state index contributed by atoms with van der Waals surface area (Å²) in [6.45, 7) is 0. The first-order valence-electron chi connectivity index (χ1n) is 9.32. The number of rotatable bonds is 4. The van der Waals surface area contributed by atoms with Crippen LogP contribution in [0.4, 0.5) is 4.39 Å². The Morgan fingerprint density at radius 2 is 1.67 bits per heavy atom. The van der Waals surface area contributed by atoms with E-state index in [4.69, 9.17) is 11.6 Å². The molecule has 1 saturated heterocycles. The van der Waals surface area contributed by atoms with E-state index in [-0.39, 0.29) is 11.5 Å². The topological polar surface area (TPSA) is 61.2 Å². The van der Waals surface area contributed by atoms with Gasteiger partial charge in [0.2, 0.25) is 12.3 Å². The van der Waals surface area contributed by atoms with Crippen LogP contribution < -0.4 is 10.7 Å². The van der Waals surface area contributed by atoms with E-state index in [9.17, 15) is 14.0 Å². The van der Waals surface area contributed by atoms with E-state index < -0.39 is 23.8 Å². The van der Waals surface area contributed by atoms with Gasteiger partial charge in [0, 0.05) is 21.7 Å². The van der Waals surface area contributed by atoms with Gasteiger partial charge in [-0.25, -0.2) is 4.39 Å². The second-order valence-electron chi connectivity index (χ2n) is 6.88. The van der Waals surface area contributed by atoms with Gasteiger partial charge in [-0.1, -0.05) is 41.9 Å². The summed E-state index contributed by atoms with van der Waals surface area (Å²) in [5.74, 6) is -1.25. The molecule has 2 atom stereocenters. The zero-order chi connectivity index (χ0) is 21.1. The molecule has 7 heteroatoms. The predicted octanol–water partition coefficient (Wildman–Crippen LogP) is 3.50. The maximum Gasteiger partial charge on any atom is 0.304 e. The van der Waals surface area contributed by atoms with Crippen molar-refractivity contribution in [3.63, 3.8) is 0 Å². The van der Waals surface area contributed by atoms with Crippen LogP contribution in [0.2, 0.25) is 5.02 Å². The van der Waals surface area contributed by atoms with Gasteiger partial charge in [0.15, 0.2) is 6.04 Å². The summed E-state index contributed by atoms with van der Waals surface area (Å²) in [4.78, 5) is 25.5. The number of nitrogens with one attached hydrogen (secondary N) is 2. The number of hydrogen-bond acceptors (Lipinski definition) is 2. The lowest BCUT2D eigenvalue weighted by Crippen LogP contribution is -2.42. The quantitative estimate of drug-likeness (QED) is 0.632. The number of hydrogen-bond donors (Lipinski definition) is 2. The largest absolute Gasteiger partial charge is 0.334 e. The first kappa shape index (κ1) is 19.8. The molecule has 0 aliphatic carbocycles. The summed E-state index contributed by atoms with van der Waals surface area (Å²) in [7, 11) is 0. The summed E-state index contributed by atoms with van der Waals surface area (Å²) in [5.41, 5.74) is 4.77. The third-order valence-corrected chi connectivity index (χ3v) is 5.08. The molecule has 1 fully saturated rings. The SMILES string of the molecule is O=C(N[C@@H]1C(=O)N/[N+](=C\c2ccccc2)[C@@H]1c1ccc(Cl)cc1)c1ccc(F)cc1. The van der Waals surface area contributed by atoms with E-state index >= 15 is 0 Å². The summed E-state index contributed by atoms with van der Waals surface area (Å²) < 4.78 is 14.9. The fraction of sp³-hybridized carbons (Fsp3) is 0.0870. The van der Waals surface area contributed by atoms with Crippen molar-refractivity contribution in [2.45, 2.75) is 12.1 Å². The molecule has 1 aliphatic heterocycles. The van der Waals surface area contributed by atoms with Gasteiger partial charge in [-0.05, 0) is 48.5 Å². The van der Waals surface area contributed by atoms with Crippen LogP contribution in [0, 0.1) is 5.82 Å². The van der Waals surface area contributed by atoms with Crippen LogP contribution in [0.3, 0.4) is 0 Å². The van der Waals surface area contributed by atoms with Crippen molar-refractivity contribution < 1.29 is 18.7 Å². The van der Waals surface area contributed by atoms with Gasteiger partial charge in [-0.3, -0.25) is 9.59 Å². The van der Waals surface area contributed by atoms with E-state index in [2.05, 4.69) is 10.7 Å². The normalized spacial score (nSPS) is 19.5. The average Bonchev–Trinajstić information content (AvgIpc) is 3.04. The number of hydrazine groups is 1. The van der Waals surface area contributed by atoms with E-state index in [0.717, 1.165) is 11.1 Å². The first-order valence-corrected chi connectivity index (χ1v) is 9.70. The lowest BCUT2D eigenvalue weighted by Gasteiger charge is -2.15. The van der Waals surface area contributed by atoms with E-state index in [1.54, 1.807) is 23.0 Å². The van der Waals surface area contributed by atoms with Crippen LogP contribution in [0.5, 0.6) is 0 Å². The molecule has 0 bridgehead atoms. The molecular formula is C23H18ClFN3O2+. The molecule has 3 aromatic carbocycles. The molecule has 1 aliphatic rings. The molecule has 4 rings (SSSR count). The molecule has 1 heterocycles. The summed E-state index contributed by atoms with van der Waals surface area (Å²) in [6.07, 6.45) is 1.81. The van der Waals surface area contributed by atoms with Gasteiger partial charge in [0.1, 0.15) is 5.82 Å². The molecule has 5 nitrogen and oxygen atoms in total. The van der Waals surface area contributed by atoms with Crippen molar-refractivity contribution in [3.8, 4) is 0 Å². The Balaban J connectivity index is 1.69. The zero-order valence-electron chi connectivity index (χ0n) is 15.8. The second kappa shape index (κ2) is 8.47. The van der Waals surface area contributed by atoms with Gasteiger partial charge >= 0.3 is 5.91 Å².